The minimum absolute atomic E-state index is 0.105. The monoisotopic (exact) mass is 359 g/mol. The number of hydrogen-bond acceptors (Lipinski definition) is 3. The predicted molar refractivity (Wildman–Crippen MR) is 80.4 cm³/mol. The van der Waals surface area contributed by atoms with Crippen molar-refractivity contribution >= 4 is 21.7 Å². The third-order valence-corrected chi connectivity index (χ3v) is 4.63. The van der Waals surface area contributed by atoms with Crippen LogP contribution in [0.15, 0.2) is 47.4 Å². The molecule has 0 heterocycles. The highest BCUT2D eigenvalue weighted by molar-refractivity contribution is 7.92. The van der Waals surface area contributed by atoms with Gasteiger partial charge in [-0.3, -0.25) is 4.72 Å². The molecule has 5 nitrogen and oxygen atoms in total. The van der Waals surface area contributed by atoms with Crippen LogP contribution in [0.5, 0.6) is 0 Å². The van der Waals surface area contributed by atoms with E-state index in [1.807, 2.05) is 4.72 Å². The van der Waals surface area contributed by atoms with Gasteiger partial charge in [-0.1, -0.05) is 18.2 Å². The van der Waals surface area contributed by atoms with E-state index < -0.39 is 32.6 Å². The van der Waals surface area contributed by atoms with Gasteiger partial charge in [0.25, 0.3) is 10.0 Å². The lowest BCUT2D eigenvalue weighted by Crippen LogP contribution is -2.19. The van der Waals surface area contributed by atoms with Gasteiger partial charge in [0.1, 0.15) is 0 Å². The van der Waals surface area contributed by atoms with Crippen LogP contribution in [0.4, 0.5) is 18.9 Å². The number of carbonyl (C=O) groups is 1. The molecule has 0 saturated heterocycles. The highest BCUT2D eigenvalue weighted by Crippen LogP contribution is 2.34. The lowest BCUT2D eigenvalue weighted by Gasteiger charge is -2.15. The summed E-state index contributed by atoms with van der Waals surface area (Å²) in [7, 11) is -4.56. The average molecular weight is 359 g/mol. The predicted octanol–water partition coefficient (Wildman–Crippen LogP) is 3.51. The highest BCUT2D eigenvalue weighted by atomic mass is 32.2. The largest absolute Gasteiger partial charge is 0.478 e. The van der Waals surface area contributed by atoms with Crippen molar-refractivity contribution in [1.82, 2.24) is 0 Å². The van der Waals surface area contributed by atoms with Crippen molar-refractivity contribution in [2.24, 2.45) is 0 Å². The van der Waals surface area contributed by atoms with Gasteiger partial charge in [0, 0.05) is 0 Å². The molecule has 2 N–H and O–H groups in total. The van der Waals surface area contributed by atoms with Crippen molar-refractivity contribution in [1.29, 1.82) is 0 Å². The molecule has 2 rings (SSSR count). The first kappa shape index (κ1) is 17.8. The van der Waals surface area contributed by atoms with E-state index >= 15 is 0 Å². The van der Waals surface area contributed by atoms with E-state index in [1.165, 1.54) is 25.1 Å². The Morgan fingerprint density at radius 2 is 1.75 bits per heavy atom. The first-order valence-electron chi connectivity index (χ1n) is 6.55. The third kappa shape index (κ3) is 3.67. The minimum atomic E-state index is -4.84. The second-order valence-electron chi connectivity index (χ2n) is 4.93. The fraction of sp³-hybridized carbons (Fsp3) is 0.133. The number of aromatic carboxylic acids is 1. The van der Waals surface area contributed by atoms with Crippen molar-refractivity contribution in [2.45, 2.75) is 18.0 Å². The van der Waals surface area contributed by atoms with Crippen LogP contribution >= 0.6 is 0 Å². The van der Waals surface area contributed by atoms with Crippen LogP contribution < -0.4 is 4.72 Å². The summed E-state index contributed by atoms with van der Waals surface area (Å²) in [4.78, 5) is 10.0. The number of alkyl halides is 3. The van der Waals surface area contributed by atoms with E-state index in [4.69, 9.17) is 5.11 Å². The zero-order valence-electron chi connectivity index (χ0n) is 12.3. The molecule has 0 radical (unpaired) electrons. The van der Waals surface area contributed by atoms with E-state index in [9.17, 15) is 26.4 Å². The number of nitrogens with one attached hydrogen (secondary N) is 1. The maximum absolute atomic E-state index is 13.0. The summed E-state index contributed by atoms with van der Waals surface area (Å²) < 4.78 is 65.7. The summed E-state index contributed by atoms with van der Waals surface area (Å²) >= 11 is 0. The van der Waals surface area contributed by atoms with Crippen LogP contribution in [-0.2, 0) is 16.2 Å². The quantitative estimate of drug-likeness (QED) is 0.875. The third-order valence-electron chi connectivity index (χ3n) is 3.21. The summed E-state index contributed by atoms with van der Waals surface area (Å²) in [5.74, 6) is -1.29. The maximum Gasteiger partial charge on any atom is 0.417 e. The Morgan fingerprint density at radius 3 is 2.33 bits per heavy atom. The first-order chi connectivity index (χ1) is 11.0. The van der Waals surface area contributed by atoms with Crippen molar-refractivity contribution in [3.63, 3.8) is 0 Å². The first-order valence-corrected chi connectivity index (χ1v) is 8.03. The van der Waals surface area contributed by atoms with Gasteiger partial charge in [-0.2, -0.15) is 13.2 Å². The molecule has 0 unspecified atom stereocenters. The van der Waals surface area contributed by atoms with E-state index in [0.29, 0.717) is 11.6 Å². The molecule has 128 valence electrons. The lowest BCUT2D eigenvalue weighted by atomic mass is 10.1. The number of halogens is 3. The number of sulfonamides is 1. The van der Waals surface area contributed by atoms with E-state index in [-0.39, 0.29) is 11.3 Å². The second-order valence-corrected chi connectivity index (χ2v) is 6.59. The smallest absolute Gasteiger partial charge is 0.417 e. The summed E-state index contributed by atoms with van der Waals surface area (Å²) in [5, 5.41) is 8.94. The summed E-state index contributed by atoms with van der Waals surface area (Å²) in [5.41, 5.74) is -1.23. The molecule has 0 fully saturated rings. The molecule has 2 aromatic rings. The second kappa shape index (κ2) is 6.16. The standard InChI is InChI=1S/C15H12F3NO4S/c1-9-6-7-10(14(20)21)8-12(9)19-24(22,23)13-5-3-2-4-11(13)15(16,17)18/h2-8,19H,1H3,(H,20,21). The number of benzene rings is 2. The molecule has 0 aliphatic rings. The van der Waals surface area contributed by atoms with E-state index in [2.05, 4.69) is 0 Å². The Hall–Kier alpha value is -2.55. The van der Waals surface area contributed by atoms with Crippen LogP contribution in [0.2, 0.25) is 0 Å². The SMILES string of the molecule is Cc1ccc(C(=O)O)cc1NS(=O)(=O)c1ccccc1C(F)(F)F. The maximum atomic E-state index is 13.0. The van der Waals surface area contributed by atoms with Crippen molar-refractivity contribution in [3.8, 4) is 0 Å². The molecule has 0 spiro atoms. The number of carboxylic acids is 1. The molecule has 0 aromatic heterocycles. The van der Waals surface area contributed by atoms with E-state index in [1.54, 1.807) is 0 Å². The molecule has 0 aliphatic heterocycles. The molecule has 2 aromatic carbocycles. The summed E-state index contributed by atoms with van der Waals surface area (Å²) in [6, 6.07) is 7.42. The number of anilines is 1. The molecule has 0 amide bonds. The molecule has 0 bridgehead atoms. The van der Waals surface area contributed by atoms with Crippen molar-refractivity contribution in [2.75, 3.05) is 4.72 Å². The topological polar surface area (TPSA) is 83.5 Å². The number of carboxylic acid groups (broad SMARTS) is 1. The molecule has 0 atom stereocenters. The Morgan fingerprint density at radius 1 is 1.12 bits per heavy atom. The van der Waals surface area contributed by atoms with Crippen LogP contribution in [0, 0.1) is 6.92 Å². The van der Waals surface area contributed by atoms with Gasteiger partial charge in [-0.15, -0.1) is 0 Å². The van der Waals surface area contributed by atoms with Gasteiger partial charge in [0.05, 0.1) is 21.7 Å². The molecular formula is C15H12F3NO4S. The van der Waals surface area contributed by atoms with E-state index in [0.717, 1.165) is 18.2 Å². The Bertz CT molecular complexity index is 892. The van der Waals surface area contributed by atoms with Gasteiger partial charge < -0.3 is 5.11 Å². The fourth-order valence-corrected chi connectivity index (χ4v) is 3.35. The Balaban J connectivity index is 2.51. The Labute approximate surface area is 135 Å². The van der Waals surface area contributed by atoms with Gasteiger partial charge in [0.15, 0.2) is 0 Å². The molecule has 0 saturated carbocycles. The van der Waals surface area contributed by atoms with Gasteiger partial charge in [-0.05, 0) is 36.8 Å². The molecule has 9 heteroatoms. The lowest BCUT2D eigenvalue weighted by molar-refractivity contribution is -0.139. The number of hydrogen-bond donors (Lipinski definition) is 2. The average Bonchev–Trinajstić information content (AvgIpc) is 2.48. The normalized spacial score (nSPS) is 12.0. The van der Waals surface area contributed by atoms with Crippen LogP contribution in [0.25, 0.3) is 0 Å². The van der Waals surface area contributed by atoms with Crippen molar-refractivity contribution in [3.05, 3.63) is 59.2 Å². The summed E-state index contributed by atoms with van der Waals surface area (Å²) in [6.45, 7) is 1.50. The Kier molecular flexibility index (Phi) is 4.57. The van der Waals surface area contributed by atoms with Gasteiger partial charge in [0.2, 0.25) is 0 Å². The van der Waals surface area contributed by atoms with Crippen molar-refractivity contribution < 1.29 is 31.5 Å². The zero-order valence-corrected chi connectivity index (χ0v) is 13.1. The molecular weight excluding hydrogens is 347 g/mol. The van der Waals surface area contributed by atoms with Crippen LogP contribution in [-0.4, -0.2) is 19.5 Å². The fourth-order valence-electron chi connectivity index (χ4n) is 2.00. The van der Waals surface area contributed by atoms with Gasteiger partial charge in [-0.25, -0.2) is 13.2 Å². The van der Waals surface area contributed by atoms with Crippen LogP contribution in [0.3, 0.4) is 0 Å². The molecule has 24 heavy (non-hydrogen) atoms. The zero-order chi connectivity index (χ0) is 18.1. The number of aryl methyl sites for hydroxylation is 1. The summed E-state index contributed by atoms with van der Waals surface area (Å²) in [6.07, 6.45) is -4.84. The van der Waals surface area contributed by atoms with Gasteiger partial charge >= 0.3 is 12.1 Å². The molecule has 0 aliphatic carbocycles. The highest BCUT2D eigenvalue weighted by Gasteiger charge is 2.37. The van der Waals surface area contributed by atoms with Crippen LogP contribution in [0.1, 0.15) is 21.5 Å². The minimum Gasteiger partial charge on any atom is -0.478 e. The number of rotatable bonds is 4.